The van der Waals surface area contributed by atoms with E-state index >= 15 is 0 Å². The molecule has 2 N–H and O–H groups in total. The first-order valence-electron chi connectivity index (χ1n) is 5.53. The van der Waals surface area contributed by atoms with Crippen molar-refractivity contribution in [3.8, 4) is 0 Å². The molecule has 1 atom stereocenters. The van der Waals surface area contributed by atoms with Gasteiger partial charge in [-0.1, -0.05) is 6.07 Å². The lowest BCUT2D eigenvalue weighted by atomic mass is 10.1. The molecule has 96 valence electrons. The van der Waals surface area contributed by atoms with E-state index in [4.69, 9.17) is 4.74 Å². The van der Waals surface area contributed by atoms with E-state index in [1.165, 1.54) is 11.8 Å². The molecule has 1 aromatic rings. The number of benzene rings is 1. The van der Waals surface area contributed by atoms with Crippen LogP contribution in [-0.4, -0.2) is 29.3 Å². The number of carbonyl (C=O) groups excluding carboxylic acids is 2. The lowest BCUT2D eigenvalue weighted by molar-refractivity contribution is -0.139. The normalized spacial score (nSPS) is 17.2. The SMILES string of the molecule is CCOC(=O)CSc1ccc2c(c1)NC(=O)C2O. The number of nitrogens with one attached hydrogen (secondary N) is 1. The van der Waals surface area contributed by atoms with Crippen molar-refractivity contribution in [2.75, 3.05) is 17.7 Å². The molecule has 5 nitrogen and oxygen atoms in total. The third-order valence-corrected chi connectivity index (χ3v) is 3.45. The van der Waals surface area contributed by atoms with Gasteiger partial charge in [-0.3, -0.25) is 9.59 Å². The lowest BCUT2D eigenvalue weighted by Gasteiger charge is -2.05. The Balaban J connectivity index is 2.03. The number of carbonyl (C=O) groups is 2. The molecule has 1 aromatic carbocycles. The molecule has 0 saturated heterocycles. The third kappa shape index (κ3) is 2.65. The Hall–Kier alpha value is -1.53. The minimum Gasteiger partial charge on any atom is -0.465 e. The van der Waals surface area contributed by atoms with Crippen LogP contribution in [0.3, 0.4) is 0 Å². The summed E-state index contributed by atoms with van der Waals surface area (Å²) >= 11 is 1.33. The summed E-state index contributed by atoms with van der Waals surface area (Å²) in [6, 6.07) is 5.20. The molecular weight excluding hydrogens is 254 g/mol. The molecule has 0 spiro atoms. The van der Waals surface area contributed by atoms with E-state index in [0.717, 1.165) is 4.90 Å². The number of hydrogen-bond acceptors (Lipinski definition) is 5. The molecule has 1 unspecified atom stereocenters. The van der Waals surface area contributed by atoms with Crippen molar-refractivity contribution in [3.63, 3.8) is 0 Å². The molecular formula is C12H13NO4S. The highest BCUT2D eigenvalue weighted by molar-refractivity contribution is 8.00. The Morgan fingerprint density at radius 1 is 1.56 bits per heavy atom. The molecule has 1 heterocycles. The molecule has 0 radical (unpaired) electrons. The van der Waals surface area contributed by atoms with Gasteiger partial charge < -0.3 is 15.2 Å². The Kier molecular flexibility index (Phi) is 3.88. The van der Waals surface area contributed by atoms with Crippen LogP contribution in [0.5, 0.6) is 0 Å². The zero-order chi connectivity index (χ0) is 13.1. The summed E-state index contributed by atoms with van der Waals surface area (Å²) < 4.78 is 4.82. The van der Waals surface area contributed by atoms with Crippen LogP contribution in [-0.2, 0) is 14.3 Å². The minimum absolute atomic E-state index is 0.225. The summed E-state index contributed by atoms with van der Waals surface area (Å²) in [4.78, 5) is 23.3. The Labute approximate surface area is 109 Å². The third-order valence-electron chi connectivity index (χ3n) is 2.49. The van der Waals surface area contributed by atoms with Crippen molar-refractivity contribution in [1.82, 2.24) is 0 Å². The van der Waals surface area contributed by atoms with Gasteiger partial charge in [0.15, 0.2) is 6.10 Å². The molecule has 0 saturated carbocycles. The van der Waals surface area contributed by atoms with Crippen LogP contribution in [0.2, 0.25) is 0 Å². The number of ether oxygens (including phenoxy) is 1. The average molecular weight is 267 g/mol. The second-order valence-electron chi connectivity index (χ2n) is 3.73. The Morgan fingerprint density at radius 3 is 3.06 bits per heavy atom. The van der Waals surface area contributed by atoms with Crippen LogP contribution in [0.15, 0.2) is 23.1 Å². The van der Waals surface area contributed by atoms with Crippen molar-refractivity contribution in [2.24, 2.45) is 0 Å². The number of thioether (sulfide) groups is 1. The van der Waals surface area contributed by atoms with E-state index < -0.39 is 12.0 Å². The van der Waals surface area contributed by atoms with Crippen LogP contribution in [0.4, 0.5) is 5.69 Å². The fraction of sp³-hybridized carbons (Fsp3) is 0.333. The minimum atomic E-state index is -1.09. The van der Waals surface area contributed by atoms with E-state index in [1.54, 1.807) is 25.1 Å². The number of rotatable bonds is 4. The van der Waals surface area contributed by atoms with Crippen LogP contribution in [0.1, 0.15) is 18.6 Å². The second-order valence-corrected chi connectivity index (χ2v) is 4.78. The highest BCUT2D eigenvalue weighted by atomic mass is 32.2. The highest BCUT2D eigenvalue weighted by Gasteiger charge is 2.28. The maximum absolute atomic E-state index is 11.3. The number of aliphatic hydroxyl groups is 1. The quantitative estimate of drug-likeness (QED) is 0.636. The predicted molar refractivity (Wildman–Crippen MR) is 67.4 cm³/mol. The number of fused-ring (bicyclic) bond motifs is 1. The molecule has 6 heteroatoms. The number of anilines is 1. The highest BCUT2D eigenvalue weighted by Crippen LogP contribution is 2.33. The predicted octanol–water partition coefficient (Wildman–Crippen LogP) is 1.33. The Bertz CT molecular complexity index is 489. The molecule has 1 aliphatic rings. The van der Waals surface area contributed by atoms with E-state index in [0.29, 0.717) is 17.9 Å². The number of esters is 1. The summed E-state index contributed by atoms with van der Waals surface area (Å²) in [5.41, 5.74) is 1.17. The fourth-order valence-corrected chi connectivity index (χ4v) is 2.39. The van der Waals surface area contributed by atoms with Gasteiger partial charge in [0, 0.05) is 16.1 Å². The molecule has 0 fully saturated rings. The summed E-state index contributed by atoms with van der Waals surface area (Å²) in [6.07, 6.45) is -1.09. The maximum atomic E-state index is 11.3. The van der Waals surface area contributed by atoms with Gasteiger partial charge in [-0.05, 0) is 19.1 Å². The topological polar surface area (TPSA) is 75.6 Å². The summed E-state index contributed by atoms with van der Waals surface area (Å²) in [7, 11) is 0. The van der Waals surface area contributed by atoms with Crippen LogP contribution in [0.25, 0.3) is 0 Å². The smallest absolute Gasteiger partial charge is 0.316 e. The van der Waals surface area contributed by atoms with Crippen LogP contribution < -0.4 is 5.32 Å². The molecule has 18 heavy (non-hydrogen) atoms. The first-order chi connectivity index (χ1) is 8.61. The standard InChI is InChI=1S/C12H13NO4S/c1-2-17-10(14)6-18-7-3-4-8-9(5-7)13-12(16)11(8)15/h3-5,11,15H,2,6H2,1H3,(H,13,16). The number of hydrogen-bond donors (Lipinski definition) is 2. The Morgan fingerprint density at radius 2 is 2.33 bits per heavy atom. The van der Waals surface area contributed by atoms with Crippen LogP contribution >= 0.6 is 11.8 Å². The van der Waals surface area contributed by atoms with Crippen molar-refractivity contribution < 1.29 is 19.4 Å². The van der Waals surface area contributed by atoms with E-state index in [2.05, 4.69) is 5.32 Å². The summed E-state index contributed by atoms with van der Waals surface area (Å²) in [5.74, 6) is -0.465. The van der Waals surface area contributed by atoms with Crippen molar-refractivity contribution in [1.29, 1.82) is 0 Å². The van der Waals surface area contributed by atoms with Gasteiger partial charge in [-0.15, -0.1) is 11.8 Å². The molecule has 1 amide bonds. The monoisotopic (exact) mass is 267 g/mol. The average Bonchev–Trinajstić information content (AvgIpc) is 2.63. The van der Waals surface area contributed by atoms with E-state index in [9.17, 15) is 14.7 Å². The van der Waals surface area contributed by atoms with Crippen molar-refractivity contribution >= 4 is 29.3 Å². The molecule has 1 aliphatic heterocycles. The number of amides is 1. The second kappa shape index (κ2) is 5.41. The first kappa shape index (κ1) is 12.9. The van der Waals surface area contributed by atoms with Gasteiger partial charge in [0.05, 0.1) is 12.4 Å². The zero-order valence-corrected chi connectivity index (χ0v) is 10.6. The molecule has 0 aliphatic carbocycles. The number of aliphatic hydroxyl groups excluding tert-OH is 1. The van der Waals surface area contributed by atoms with Gasteiger partial charge in [0.2, 0.25) is 0 Å². The largest absolute Gasteiger partial charge is 0.465 e. The fourth-order valence-electron chi connectivity index (χ4n) is 1.66. The van der Waals surface area contributed by atoms with Gasteiger partial charge >= 0.3 is 5.97 Å². The lowest BCUT2D eigenvalue weighted by Crippen LogP contribution is -2.10. The summed E-state index contributed by atoms with van der Waals surface area (Å²) in [5, 5.41) is 12.1. The molecule has 2 rings (SSSR count). The van der Waals surface area contributed by atoms with Crippen molar-refractivity contribution in [3.05, 3.63) is 23.8 Å². The maximum Gasteiger partial charge on any atom is 0.316 e. The zero-order valence-electron chi connectivity index (χ0n) is 9.80. The van der Waals surface area contributed by atoms with Gasteiger partial charge in [0.1, 0.15) is 0 Å². The van der Waals surface area contributed by atoms with E-state index in [1.807, 2.05) is 0 Å². The summed E-state index contributed by atoms with van der Waals surface area (Å²) in [6.45, 7) is 2.13. The van der Waals surface area contributed by atoms with Crippen LogP contribution in [0, 0.1) is 0 Å². The first-order valence-corrected chi connectivity index (χ1v) is 6.51. The van der Waals surface area contributed by atoms with Gasteiger partial charge in [-0.25, -0.2) is 0 Å². The molecule has 0 bridgehead atoms. The van der Waals surface area contributed by atoms with E-state index in [-0.39, 0.29) is 11.7 Å². The van der Waals surface area contributed by atoms with Gasteiger partial charge in [-0.2, -0.15) is 0 Å². The van der Waals surface area contributed by atoms with Crippen molar-refractivity contribution in [2.45, 2.75) is 17.9 Å². The molecule has 0 aromatic heterocycles. The van der Waals surface area contributed by atoms with Gasteiger partial charge in [0.25, 0.3) is 5.91 Å².